The van der Waals surface area contributed by atoms with Crippen molar-refractivity contribution in [1.82, 2.24) is 25.6 Å². The summed E-state index contributed by atoms with van der Waals surface area (Å²) in [6.07, 6.45) is 3.67. The van der Waals surface area contributed by atoms with Crippen LogP contribution in [0.5, 0.6) is 0 Å². The molecule has 3 aromatic rings. The molecule has 0 fully saturated rings. The van der Waals surface area contributed by atoms with E-state index in [2.05, 4.69) is 79.7 Å². The number of hydrogen-bond donors (Lipinski definition) is 1. The molecule has 0 radical (unpaired) electrons. The van der Waals surface area contributed by atoms with Crippen molar-refractivity contribution in [2.75, 3.05) is 29.9 Å². The number of benzene rings is 1. The van der Waals surface area contributed by atoms with E-state index >= 15 is 0 Å². The fourth-order valence-corrected chi connectivity index (χ4v) is 3.50. The number of nitrogens with zero attached hydrogens (tertiary/aromatic N) is 6. The van der Waals surface area contributed by atoms with E-state index in [1.54, 1.807) is 6.20 Å². The SMILES string of the molecule is CC1CN(C)c2ccccc2N(Cc2cncc(-c3nn[nH]n3)c2)C1. The van der Waals surface area contributed by atoms with Crippen LogP contribution in [0.1, 0.15) is 12.5 Å². The van der Waals surface area contributed by atoms with Crippen LogP contribution in [0, 0.1) is 5.92 Å². The monoisotopic (exact) mass is 335 g/mol. The molecule has 1 aliphatic rings. The van der Waals surface area contributed by atoms with Crippen LogP contribution in [0.25, 0.3) is 11.4 Å². The number of aromatic nitrogens is 5. The summed E-state index contributed by atoms with van der Waals surface area (Å²) in [4.78, 5) is 9.13. The Balaban J connectivity index is 1.66. The first-order chi connectivity index (χ1) is 12.2. The van der Waals surface area contributed by atoms with Crippen LogP contribution in [0.15, 0.2) is 42.7 Å². The molecule has 2 aromatic heterocycles. The number of pyridine rings is 1. The maximum absolute atomic E-state index is 4.36. The van der Waals surface area contributed by atoms with E-state index in [4.69, 9.17) is 0 Å². The predicted octanol–water partition coefficient (Wildman–Crippen LogP) is 2.35. The van der Waals surface area contributed by atoms with E-state index in [1.807, 2.05) is 6.20 Å². The molecular weight excluding hydrogens is 314 g/mol. The highest BCUT2D eigenvalue weighted by Crippen LogP contribution is 2.33. The summed E-state index contributed by atoms with van der Waals surface area (Å²) >= 11 is 0. The van der Waals surface area contributed by atoms with Crippen molar-refractivity contribution in [1.29, 1.82) is 0 Å². The second-order valence-electron chi connectivity index (χ2n) is 6.67. The number of tetrazole rings is 1. The van der Waals surface area contributed by atoms with Gasteiger partial charge < -0.3 is 9.80 Å². The van der Waals surface area contributed by atoms with Gasteiger partial charge in [0.15, 0.2) is 0 Å². The highest BCUT2D eigenvalue weighted by atomic mass is 15.5. The lowest BCUT2D eigenvalue weighted by molar-refractivity contribution is 0.570. The largest absolute Gasteiger partial charge is 0.373 e. The van der Waals surface area contributed by atoms with Gasteiger partial charge in [0.05, 0.1) is 11.4 Å². The van der Waals surface area contributed by atoms with Gasteiger partial charge in [-0.15, -0.1) is 10.2 Å². The Morgan fingerprint density at radius 3 is 2.80 bits per heavy atom. The first-order valence-electron chi connectivity index (χ1n) is 8.43. The molecule has 3 heterocycles. The summed E-state index contributed by atoms with van der Waals surface area (Å²) in [7, 11) is 2.16. The molecule has 1 unspecified atom stereocenters. The Morgan fingerprint density at radius 2 is 2.00 bits per heavy atom. The fraction of sp³-hybridized carbons (Fsp3) is 0.333. The minimum absolute atomic E-state index is 0.568. The van der Waals surface area contributed by atoms with Gasteiger partial charge in [-0.1, -0.05) is 19.1 Å². The molecular formula is C18H21N7. The highest BCUT2D eigenvalue weighted by molar-refractivity contribution is 5.72. The van der Waals surface area contributed by atoms with Gasteiger partial charge in [0.25, 0.3) is 0 Å². The van der Waals surface area contributed by atoms with Gasteiger partial charge in [-0.3, -0.25) is 4.98 Å². The second-order valence-corrected chi connectivity index (χ2v) is 6.67. The van der Waals surface area contributed by atoms with E-state index < -0.39 is 0 Å². The fourth-order valence-electron chi connectivity index (χ4n) is 3.50. The molecule has 1 N–H and O–H groups in total. The van der Waals surface area contributed by atoms with Crippen LogP contribution < -0.4 is 9.80 Å². The first kappa shape index (κ1) is 15.6. The average Bonchev–Trinajstić information content (AvgIpc) is 3.12. The van der Waals surface area contributed by atoms with Crippen molar-refractivity contribution in [3.05, 3.63) is 48.3 Å². The Kier molecular flexibility index (Phi) is 4.05. The topological polar surface area (TPSA) is 73.8 Å². The van der Waals surface area contributed by atoms with Crippen molar-refractivity contribution in [3.63, 3.8) is 0 Å². The van der Waals surface area contributed by atoms with Gasteiger partial charge in [-0.2, -0.15) is 5.21 Å². The van der Waals surface area contributed by atoms with Gasteiger partial charge in [0.2, 0.25) is 5.82 Å². The third kappa shape index (κ3) is 3.17. The quantitative estimate of drug-likeness (QED) is 0.792. The average molecular weight is 335 g/mol. The molecule has 1 aromatic carbocycles. The van der Waals surface area contributed by atoms with Crippen LogP contribution in [-0.2, 0) is 6.54 Å². The lowest BCUT2D eigenvalue weighted by atomic mass is 10.1. The number of aromatic amines is 1. The molecule has 0 spiro atoms. The summed E-state index contributed by atoms with van der Waals surface area (Å²) in [5.41, 5.74) is 4.54. The highest BCUT2D eigenvalue weighted by Gasteiger charge is 2.22. The second kappa shape index (κ2) is 6.51. The Morgan fingerprint density at radius 1 is 1.16 bits per heavy atom. The van der Waals surface area contributed by atoms with E-state index in [-0.39, 0.29) is 0 Å². The molecule has 0 saturated carbocycles. The molecule has 0 bridgehead atoms. The van der Waals surface area contributed by atoms with Crippen LogP contribution in [0.4, 0.5) is 11.4 Å². The van der Waals surface area contributed by atoms with E-state index in [1.165, 1.54) is 11.4 Å². The van der Waals surface area contributed by atoms with Crippen molar-refractivity contribution >= 4 is 11.4 Å². The van der Waals surface area contributed by atoms with Crippen molar-refractivity contribution < 1.29 is 0 Å². The molecule has 7 heteroatoms. The minimum atomic E-state index is 0.568. The summed E-state index contributed by atoms with van der Waals surface area (Å²) in [6.45, 7) is 5.15. The standard InChI is InChI=1S/C18H21N7/c1-13-10-24(2)16-5-3-4-6-17(16)25(11-13)12-14-7-15(9-19-8-14)18-20-22-23-21-18/h3-9,13H,10-12H2,1-2H3,(H,20,21,22,23). The van der Waals surface area contributed by atoms with Gasteiger partial charge in [-0.05, 0) is 34.9 Å². The first-order valence-corrected chi connectivity index (χ1v) is 8.43. The minimum Gasteiger partial charge on any atom is -0.373 e. The molecule has 0 amide bonds. The number of nitrogens with one attached hydrogen (secondary N) is 1. The number of para-hydroxylation sites is 2. The predicted molar refractivity (Wildman–Crippen MR) is 97.3 cm³/mol. The number of H-pyrrole nitrogens is 1. The van der Waals surface area contributed by atoms with Crippen molar-refractivity contribution in [2.24, 2.45) is 5.92 Å². The normalized spacial score (nSPS) is 17.3. The molecule has 1 aliphatic heterocycles. The zero-order valence-electron chi connectivity index (χ0n) is 14.4. The van der Waals surface area contributed by atoms with Crippen LogP contribution in [0.3, 0.4) is 0 Å². The van der Waals surface area contributed by atoms with Gasteiger partial charge >= 0.3 is 0 Å². The zero-order valence-corrected chi connectivity index (χ0v) is 14.4. The third-order valence-corrected chi connectivity index (χ3v) is 4.52. The van der Waals surface area contributed by atoms with Crippen molar-refractivity contribution in [3.8, 4) is 11.4 Å². The third-order valence-electron chi connectivity index (χ3n) is 4.52. The number of fused-ring (bicyclic) bond motifs is 1. The lowest BCUT2D eigenvalue weighted by Crippen LogP contribution is -2.29. The molecule has 1 atom stereocenters. The summed E-state index contributed by atoms with van der Waals surface area (Å²) in [6, 6.07) is 10.7. The van der Waals surface area contributed by atoms with Crippen LogP contribution in [0.2, 0.25) is 0 Å². The van der Waals surface area contributed by atoms with E-state index in [9.17, 15) is 0 Å². The van der Waals surface area contributed by atoms with Gasteiger partial charge in [-0.25, -0.2) is 0 Å². The smallest absolute Gasteiger partial charge is 0.206 e. The molecule has 0 saturated heterocycles. The Hall–Kier alpha value is -2.96. The maximum atomic E-state index is 4.36. The lowest BCUT2D eigenvalue weighted by Gasteiger charge is -2.26. The molecule has 7 nitrogen and oxygen atoms in total. The van der Waals surface area contributed by atoms with Crippen molar-refractivity contribution in [2.45, 2.75) is 13.5 Å². The molecule has 4 rings (SSSR count). The Labute approximate surface area is 146 Å². The van der Waals surface area contributed by atoms with Gasteiger partial charge in [0.1, 0.15) is 0 Å². The number of hydrogen-bond acceptors (Lipinski definition) is 6. The molecule has 0 aliphatic carbocycles. The summed E-state index contributed by atoms with van der Waals surface area (Å²) < 4.78 is 0. The Bertz CT molecular complexity index is 846. The molecule has 128 valence electrons. The number of anilines is 2. The number of rotatable bonds is 3. The zero-order chi connectivity index (χ0) is 17.2. The van der Waals surface area contributed by atoms with Crippen LogP contribution >= 0.6 is 0 Å². The van der Waals surface area contributed by atoms with E-state index in [0.29, 0.717) is 11.7 Å². The maximum Gasteiger partial charge on any atom is 0.206 e. The van der Waals surface area contributed by atoms with E-state index in [0.717, 1.165) is 30.8 Å². The van der Waals surface area contributed by atoms with Gasteiger partial charge in [0, 0.05) is 44.6 Å². The summed E-state index contributed by atoms with van der Waals surface area (Å²) in [5.74, 6) is 1.14. The van der Waals surface area contributed by atoms with Crippen LogP contribution in [-0.4, -0.2) is 45.7 Å². The summed E-state index contributed by atoms with van der Waals surface area (Å²) in [5, 5.41) is 14.2. The molecule has 25 heavy (non-hydrogen) atoms.